The molecule has 0 spiro atoms. The predicted molar refractivity (Wildman–Crippen MR) is 112 cm³/mol. The lowest BCUT2D eigenvalue weighted by Crippen LogP contribution is -2.35. The molecule has 150 valence electrons. The van der Waals surface area contributed by atoms with Crippen LogP contribution in [0.5, 0.6) is 0 Å². The Balaban J connectivity index is 1.62. The van der Waals surface area contributed by atoms with Gasteiger partial charge in [0.25, 0.3) is 5.91 Å². The maximum absolute atomic E-state index is 12.9. The van der Waals surface area contributed by atoms with E-state index in [4.69, 9.17) is 11.6 Å². The SMILES string of the molecule is Cc1cc(Cl)ccc1C(=O)N1CCCN(Cc2ccc(S(C)(=O)=O)cc2)CC1. The highest BCUT2D eigenvalue weighted by atomic mass is 35.5. The molecule has 0 aliphatic carbocycles. The molecule has 3 rings (SSSR count). The monoisotopic (exact) mass is 420 g/mol. The fourth-order valence-corrected chi connectivity index (χ4v) is 4.33. The van der Waals surface area contributed by atoms with E-state index in [-0.39, 0.29) is 5.91 Å². The van der Waals surface area contributed by atoms with Gasteiger partial charge in [-0.3, -0.25) is 9.69 Å². The molecule has 0 saturated carbocycles. The fraction of sp³-hybridized carbons (Fsp3) is 0.381. The predicted octanol–water partition coefficient (Wildman–Crippen LogP) is 3.40. The van der Waals surface area contributed by atoms with Crippen molar-refractivity contribution in [3.8, 4) is 0 Å². The van der Waals surface area contributed by atoms with E-state index in [2.05, 4.69) is 4.90 Å². The highest BCUT2D eigenvalue weighted by molar-refractivity contribution is 7.90. The smallest absolute Gasteiger partial charge is 0.254 e. The minimum absolute atomic E-state index is 0.0496. The van der Waals surface area contributed by atoms with Gasteiger partial charge < -0.3 is 4.90 Å². The largest absolute Gasteiger partial charge is 0.337 e. The third kappa shape index (κ3) is 5.13. The lowest BCUT2D eigenvalue weighted by Gasteiger charge is -2.23. The molecule has 1 amide bonds. The van der Waals surface area contributed by atoms with Gasteiger partial charge in [0.2, 0.25) is 0 Å². The van der Waals surface area contributed by atoms with Crippen molar-refractivity contribution in [2.24, 2.45) is 0 Å². The molecule has 1 fully saturated rings. The number of benzene rings is 2. The lowest BCUT2D eigenvalue weighted by molar-refractivity contribution is 0.0760. The zero-order chi connectivity index (χ0) is 20.3. The summed E-state index contributed by atoms with van der Waals surface area (Å²) in [7, 11) is -3.17. The van der Waals surface area contributed by atoms with Crippen LogP contribution in [0.4, 0.5) is 0 Å². The molecule has 5 nitrogen and oxygen atoms in total. The van der Waals surface area contributed by atoms with Crippen molar-refractivity contribution in [1.29, 1.82) is 0 Å². The first-order chi connectivity index (χ1) is 13.2. The fourth-order valence-electron chi connectivity index (χ4n) is 3.47. The number of rotatable bonds is 4. The highest BCUT2D eigenvalue weighted by Gasteiger charge is 2.21. The first-order valence-corrected chi connectivity index (χ1v) is 11.6. The van der Waals surface area contributed by atoms with Crippen molar-refractivity contribution in [3.63, 3.8) is 0 Å². The molecule has 0 aromatic heterocycles. The first kappa shape index (κ1) is 20.8. The lowest BCUT2D eigenvalue weighted by atomic mass is 10.1. The molecule has 28 heavy (non-hydrogen) atoms. The molecule has 0 atom stereocenters. The van der Waals surface area contributed by atoms with Crippen LogP contribution in [-0.4, -0.2) is 56.6 Å². The number of amides is 1. The van der Waals surface area contributed by atoms with Crippen LogP contribution in [0.25, 0.3) is 0 Å². The normalized spacial score (nSPS) is 16.0. The van der Waals surface area contributed by atoms with Gasteiger partial charge in [0.15, 0.2) is 9.84 Å². The molecule has 0 bridgehead atoms. The van der Waals surface area contributed by atoms with Crippen molar-refractivity contribution in [3.05, 3.63) is 64.2 Å². The molecule has 7 heteroatoms. The van der Waals surface area contributed by atoms with Gasteiger partial charge in [0, 0.05) is 49.6 Å². The molecular weight excluding hydrogens is 396 g/mol. The minimum atomic E-state index is -3.17. The maximum Gasteiger partial charge on any atom is 0.254 e. The molecule has 1 saturated heterocycles. The van der Waals surface area contributed by atoms with E-state index in [1.54, 1.807) is 24.3 Å². The van der Waals surface area contributed by atoms with Gasteiger partial charge in [-0.15, -0.1) is 0 Å². The van der Waals surface area contributed by atoms with Crippen LogP contribution in [0, 0.1) is 6.92 Å². The molecule has 1 aliphatic rings. The first-order valence-electron chi connectivity index (χ1n) is 9.31. The summed E-state index contributed by atoms with van der Waals surface area (Å²) < 4.78 is 23.2. The minimum Gasteiger partial charge on any atom is -0.337 e. The van der Waals surface area contributed by atoms with E-state index >= 15 is 0 Å². The van der Waals surface area contributed by atoms with Gasteiger partial charge in [-0.1, -0.05) is 23.7 Å². The maximum atomic E-state index is 12.9. The summed E-state index contributed by atoms with van der Waals surface area (Å²) in [6.07, 6.45) is 2.12. The summed E-state index contributed by atoms with van der Waals surface area (Å²) in [5.41, 5.74) is 2.67. The Bertz CT molecular complexity index is 958. The number of carbonyl (C=O) groups excluding carboxylic acids is 1. The summed E-state index contributed by atoms with van der Waals surface area (Å²) in [6.45, 7) is 5.73. The molecule has 2 aromatic rings. The second-order valence-corrected chi connectivity index (χ2v) is 9.75. The molecule has 0 radical (unpaired) electrons. The number of hydrogen-bond acceptors (Lipinski definition) is 4. The zero-order valence-corrected chi connectivity index (χ0v) is 17.8. The van der Waals surface area contributed by atoms with Crippen molar-refractivity contribution in [2.75, 3.05) is 32.4 Å². The van der Waals surface area contributed by atoms with E-state index in [0.717, 1.165) is 43.7 Å². The standard InChI is InChI=1S/C21H25ClN2O3S/c1-16-14-18(22)6-9-20(16)21(25)24-11-3-10-23(12-13-24)15-17-4-7-19(8-5-17)28(2,26)27/h4-9,14H,3,10-13,15H2,1-2H3. The Labute approximate surface area is 171 Å². The molecule has 2 aromatic carbocycles. The van der Waals surface area contributed by atoms with Crippen LogP contribution < -0.4 is 0 Å². The highest BCUT2D eigenvalue weighted by Crippen LogP contribution is 2.19. The third-order valence-electron chi connectivity index (χ3n) is 5.05. The van der Waals surface area contributed by atoms with Crippen LogP contribution in [-0.2, 0) is 16.4 Å². The Hall–Kier alpha value is -1.89. The van der Waals surface area contributed by atoms with Gasteiger partial charge in [-0.2, -0.15) is 0 Å². The van der Waals surface area contributed by atoms with E-state index in [1.807, 2.05) is 30.0 Å². The van der Waals surface area contributed by atoms with E-state index in [0.29, 0.717) is 22.0 Å². The van der Waals surface area contributed by atoms with Gasteiger partial charge in [0.05, 0.1) is 4.90 Å². The summed E-state index contributed by atoms with van der Waals surface area (Å²) in [5.74, 6) is 0.0496. The quantitative estimate of drug-likeness (QED) is 0.760. The number of halogens is 1. The average molecular weight is 421 g/mol. The van der Waals surface area contributed by atoms with Crippen molar-refractivity contribution in [1.82, 2.24) is 9.80 Å². The summed E-state index contributed by atoms with van der Waals surface area (Å²) in [4.78, 5) is 17.4. The second-order valence-electron chi connectivity index (χ2n) is 7.30. The van der Waals surface area contributed by atoms with Gasteiger partial charge in [-0.05, 0) is 54.8 Å². The van der Waals surface area contributed by atoms with Crippen LogP contribution in [0.15, 0.2) is 47.4 Å². The zero-order valence-electron chi connectivity index (χ0n) is 16.2. The van der Waals surface area contributed by atoms with E-state index in [9.17, 15) is 13.2 Å². The Morgan fingerprint density at radius 1 is 1.04 bits per heavy atom. The second kappa shape index (κ2) is 8.64. The van der Waals surface area contributed by atoms with Crippen LogP contribution in [0.1, 0.15) is 27.9 Å². The molecule has 0 unspecified atom stereocenters. The Morgan fingerprint density at radius 3 is 2.39 bits per heavy atom. The Kier molecular flexibility index (Phi) is 6.43. The average Bonchev–Trinajstić information content (AvgIpc) is 2.86. The van der Waals surface area contributed by atoms with Crippen LogP contribution in [0.3, 0.4) is 0 Å². The number of aryl methyl sites for hydroxylation is 1. The van der Waals surface area contributed by atoms with Gasteiger partial charge in [-0.25, -0.2) is 8.42 Å². The summed E-state index contributed by atoms with van der Waals surface area (Å²) in [5, 5.41) is 0.637. The van der Waals surface area contributed by atoms with Crippen molar-refractivity contribution >= 4 is 27.3 Å². The molecule has 1 aliphatic heterocycles. The number of hydrogen-bond donors (Lipinski definition) is 0. The number of nitrogens with zero attached hydrogens (tertiary/aromatic N) is 2. The molecular formula is C21H25ClN2O3S. The van der Waals surface area contributed by atoms with Crippen molar-refractivity contribution in [2.45, 2.75) is 24.8 Å². The number of carbonyl (C=O) groups is 1. The van der Waals surface area contributed by atoms with Crippen molar-refractivity contribution < 1.29 is 13.2 Å². The van der Waals surface area contributed by atoms with Crippen LogP contribution in [0.2, 0.25) is 5.02 Å². The van der Waals surface area contributed by atoms with Gasteiger partial charge in [0.1, 0.15) is 0 Å². The van der Waals surface area contributed by atoms with Crippen LogP contribution >= 0.6 is 11.6 Å². The molecule has 1 heterocycles. The Morgan fingerprint density at radius 2 is 1.75 bits per heavy atom. The summed E-state index contributed by atoms with van der Waals surface area (Å²) in [6, 6.07) is 12.4. The van der Waals surface area contributed by atoms with Gasteiger partial charge >= 0.3 is 0 Å². The topological polar surface area (TPSA) is 57.7 Å². The number of sulfone groups is 1. The molecule has 0 N–H and O–H groups in total. The van der Waals surface area contributed by atoms with E-state index in [1.165, 1.54) is 6.26 Å². The third-order valence-corrected chi connectivity index (χ3v) is 6.42. The summed E-state index contributed by atoms with van der Waals surface area (Å²) >= 11 is 6.00. The van der Waals surface area contributed by atoms with E-state index < -0.39 is 9.84 Å².